The number of nitrogens with one attached hydrogen (secondary N) is 1. The number of nitro groups is 1. The lowest BCUT2D eigenvalue weighted by Crippen LogP contribution is -1.99. The summed E-state index contributed by atoms with van der Waals surface area (Å²) in [7, 11) is 1.49. The summed E-state index contributed by atoms with van der Waals surface area (Å²) < 4.78 is 5.26. The summed E-state index contributed by atoms with van der Waals surface area (Å²) in [4.78, 5) is 20.9. The summed E-state index contributed by atoms with van der Waals surface area (Å²) in [5, 5.41) is 15.0. The highest BCUT2D eigenvalue weighted by Crippen LogP contribution is 2.35. The maximum absolute atomic E-state index is 11.0. The van der Waals surface area contributed by atoms with Crippen molar-refractivity contribution in [2.24, 2.45) is 0 Å². The minimum Gasteiger partial charge on any atom is -0.495 e. The van der Waals surface area contributed by atoms with Gasteiger partial charge in [-0.2, -0.15) is 4.98 Å². The van der Waals surface area contributed by atoms with Crippen LogP contribution >= 0.6 is 22.9 Å². The number of ether oxygens (including phenoxy) is 1. The standard InChI is InChI=1S/C15H13ClN4O3S/c1-3-9-7-10-13(18-15(16)19-14(10)24-9)17-11-6-8(20(21)22)4-5-12(11)23-2/h4-7H,3H2,1-2H3,(H,17,18,19). The van der Waals surface area contributed by atoms with E-state index in [0.717, 1.165) is 21.5 Å². The van der Waals surface area contributed by atoms with Crippen LogP contribution in [0.15, 0.2) is 24.3 Å². The first-order valence-corrected chi connectivity index (χ1v) is 8.26. The van der Waals surface area contributed by atoms with Crippen molar-refractivity contribution in [3.63, 3.8) is 0 Å². The summed E-state index contributed by atoms with van der Waals surface area (Å²) in [5.74, 6) is 0.953. The van der Waals surface area contributed by atoms with Gasteiger partial charge in [0.15, 0.2) is 0 Å². The molecule has 24 heavy (non-hydrogen) atoms. The van der Waals surface area contributed by atoms with Crippen molar-refractivity contribution in [3.05, 3.63) is 44.5 Å². The summed E-state index contributed by atoms with van der Waals surface area (Å²) in [5.41, 5.74) is 0.390. The molecule has 0 bridgehead atoms. The molecule has 2 heterocycles. The van der Waals surface area contributed by atoms with Gasteiger partial charge in [0.05, 0.1) is 23.1 Å². The number of thiophene rings is 1. The molecule has 0 atom stereocenters. The third-order valence-electron chi connectivity index (χ3n) is 3.41. The van der Waals surface area contributed by atoms with Gasteiger partial charge >= 0.3 is 0 Å². The van der Waals surface area contributed by atoms with E-state index in [0.29, 0.717) is 17.3 Å². The fourth-order valence-corrected chi connectivity index (χ4v) is 3.44. The molecule has 0 fully saturated rings. The number of rotatable bonds is 5. The van der Waals surface area contributed by atoms with Gasteiger partial charge in [-0.3, -0.25) is 10.1 Å². The van der Waals surface area contributed by atoms with E-state index in [9.17, 15) is 10.1 Å². The number of hydrogen-bond acceptors (Lipinski definition) is 7. The van der Waals surface area contributed by atoms with Crippen LogP contribution in [-0.2, 0) is 6.42 Å². The quantitative estimate of drug-likeness (QED) is 0.405. The van der Waals surface area contributed by atoms with E-state index in [1.54, 1.807) is 0 Å². The van der Waals surface area contributed by atoms with Crippen molar-refractivity contribution >= 4 is 50.3 Å². The average Bonchev–Trinajstić information content (AvgIpc) is 2.97. The topological polar surface area (TPSA) is 90.2 Å². The Hall–Kier alpha value is -2.45. The molecule has 0 aliphatic heterocycles. The molecule has 0 amide bonds. The monoisotopic (exact) mass is 364 g/mol. The molecule has 124 valence electrons. The lowest BCUT2D eigenvalue weighted by molar-refractivity contribution is -0.384. The molecule has 2 aromatic heterocycles. The minimum atomic E-state index is -0.465. The SMILES string of the molecule is CCc1cc2c(Nc3cc([N+](=O)[O-])ccc3OC)nc(Cl)nc2s1. The zero-order valence-corrected chi connectivity index (χ0v) is 14.4. The van der Waals surface area contributed by atoms with Crippen LogP contribution in [0.2, 0.25) is 5.28 Å². The second-order valence-corrected chi connectivity index (χ2v) is 6.35. The highest BCUT2D eigenvalue weighted by Gasteiger charge is 2.15. The number of nitro benzene ring substituents is 1. The number of anilines is 2. The lowest BCUT2D eigenvalue weighted by atomic mass is 10.2. The van der Waals surface area contributed by atoms with Gasteiger partial charge in [-0.25, -0.2) is 4.98 Å². The number of benzene rings is 1. The molecular formula is C15H13ClN4O3S. The van der Waals surface area contributed by atoms with Crippen LogP contribution < -0.4 is 10.1 Å². The summed E-state index contributed by atoms with van der Waals surface area (Å²) in [6, 6.07) is 6.30. The van der Waals surface area contributed by atoms with E-state index in [2.05, 4.69) is 22.2 Å². The highest BCUT2D eigenvalue weighted by molar-refractivity contribution is 7.18. The number of halogens is 1. The van der Waals surface area contributed by atoms with Crippen molar-refractivity contribution < 1.29 is 9.66 Å². The molecule has 0 aliphatic carbocycles. The number of fused-ring (bicyclic) bond motifs is 1. The molecule has 0 aliphatic rings. The third-order valence-corrected chi connectivity index (χ3v) is 4.75. The first kappa shape index (κ1) is 16.4. The number of hydrogen-bond donors (Lipinski definition) is 1. The second-order valence-electron chi connectivity index (χ2n) is 4.89. The summed E-state index contributed by atoms with van der Waals surface area (Å²) in [6.45, 7) is 2.05. The van der Waals surface area contributed by atoms with Crippen LogP contribution in [-0.4, -0.2) is 22.0 Å². The fraction of sp³-hybridized carbons (Fsp3) is 0.200. The van der Waals surface area contributed by atoms with Gasteiger partial charge in [0.2, 0.25) is 5.28 Å². The maximum atomic E-state index is 11.0. The summed E-state index contributed by atoms with van der Waals surface area (Å²) >= 11 is 7.54. The van der Waals surface area contributed by atoms with Crippen LogP contribution in [0.25, 0.3) is 10.2 Å². The maximum Gasteiger partial charge on any atom is 0.271 e. The highest BCUT2D eigenvalue weighted by atomic mass is 35.5. The first-order valence-electron chi connectivity index (χ1n) is 7.07. The normalized spacial score (nSPS) is 10.8. The average molecular weight is 365 g/mol. The Morgan fingerprint density at radius 1 is 1.38 bits per heavy atom. The number of aromatic nitrogens is 2. The predicted molar refractivity (Wildman–Crippen MR) is 94.7 cm³/mol. The van der Waals surface area contributed by atoms with E-state index >= 15 is 0 Å². The van der Waals surface area contributed by atoms with Gasteiger partial charge < -0.3 is 10.1 Å². The van der Waals surface area contributed by atoms with Crippen molar-refractivity contribution in [3.8, 4) is 5.75 Å². The first-order chi connectivity index (χ1) is 11.5. The number of methoxy groups -OCH3 is 1. The smallest absolute Gasteiger partial charge is 0.271 e. The molecule has 0 spiro atoms. The van der Waals surface area contributed by atoms with Gasteiger partial charge in [0.1, 0.15) is 16.4 Å². The van der Waals surface area contributed by atoms with Crippen LogP contribution in [0.1, 0.15) is 11.8 Å². The Morgan fingerprint density at radius 2 is 2.17 bits per heavy atom. The Morgan fingerprint density at radius 3 is 2.83 bits per heavy atom. The molecule has 1 aromatic carbocycles. The van der Waals surface area contributed by atoms with Crippen molar-refractivity contribution in [2.45, 2.75) is 13.3 Å². The molecule has 0 saturated heterocycles. The molecular weight excluding hydrogens is 352 g/mol. The van der Waals surface area contributed by atoms with E-state index in [4.69, 9.17) is 16.3 Å². The van der Waals surface area contributed by atoms with Gasteiger partial charge in [0, 0.05) is 17.0 Å². The largest absolute Gasteiger partial charge is 0.495 e. The molecule has 9 heteroatoms. The van der Waals surface area contributed by atoms with E-state index < -0.39 is 4.92 Å². The summed E-state index contributed by atoms with van der Waals surface area (Å²) in [6.07, 6.45) is 0.873. The Balaban J connectivity index is 2.10. The van der Waals surface area contributed by atoms with E-state index in [1.807, 2.05) is 6.07 Å². The molecule has 0 radical (unpaired) electrons. The Bertz CT molecular complexity index is 928. The van der Waals surface area contributed by atoms with Crippen LogP contribution in [0.4, 0.5) is 17.2 Å². The molecule has 0 saturated carbocycles. The molecule has 0 unspecified atom stereocenters. The van der Waals surface area contributed by atoms with Crippen molar-refractivity contribution in [1.29, 1.82) is 0 Å². The van der Waals surface area contributed by atoms with E-state index in [-0.39, 0.29) is 11.0 Å². The van der Waals surface area contributed by atoms with Crippen molar-refractivity contribution in [1.82, 2.24) is 9.97 Å². The molecule has 1 N–H and O–H groups in total. The Labute approximate surface area is 146 Å². The van der Waals surface area contributed by atoms with Crippen LogP contribution in [0.3, 0.4) is 0 Å². The van der Waals surface area contributed by atoms with Gasteiger partial charge in [-0.15, -0.1) is 11.3 Å². The van der Waals surface area contributed by atoms with Gasteiger partial charge in [0.25, 0.3) is 5.69 Å². The molecule has 3 rings (SSSR count). The fourth-order valence-electron chi connectivity index (χ4n) is 2.25. The predicted octanol–water partition coefficient (Wildman–Crippen LogP) is 4.57. The third kappa shape index (κ3) is 3.10. The van der Waals surface area contributed by atoms with Gasteiger partial charge in [-0.05, 0) is 30.2 Å². The van der Waals surface area contributed by atoms with Crippen molar-refractivity contribution in [2.75, 3.05) is 12.4 Å². The zero-order valence-electron chi connectivity index (χ0n) is 12.9. The second kappa shape index (κ2) is 6.58. The van der Waals surface area contributed by atoms with E-state index in [1.165, 1.54) is 36.6 Å². The van der Waals surface area contributed by atoms with Crippen LogP contribution in [0, 0.1) is 10.1 Å². The minimum absolute atomic E-state index is 0.0470. The number of nitrogens with zero attached hydrogens (tertiary/aromatic N) is 3. The number of aryl methyl sites for hydroxylation is 1. The van der Waals surface area contributed by atoms with Crippen LogP contribution in [0.5, 0.6) is 5.75 Å². The zero-order chi connectivity index (χ0) is 17.3. The molecule has 7 nitrogen and oxygen atoms in total. The number of non-ortho nitro benzene ring substituents is 1. The Kier molecular flexibility index (Phi) is 4.50. The lowest BCUT2D eigenvalue weighted by Gasteiger charge is -2.11. The van der Waals surface area contributed by atoms with Gasteiger partial charge in [-0.1, -0.05) is 6.92 Å². The molecule has 3 aromatic rings.